The molecule has 7 heteroatoms. The molecule has 1 atom stereocenters. The average molecular weight is 440 g/mol. The molecular formula is C21H18BrN3O3. The van der Waals surface area contributed by atoms with Crippen LogP contribution in [0.4, 0.5) is 0 Å². The molecule has 2 N–H and O–H groups in total. The van der Waals surface area contributed by atoms with Crippen molar-refractivity contribution in [3.05, 3.63) is 63.6 Å². The zero-order chi connectivity index (χ0) is 19.5. The van der Waals surface area contributed by atoms with Gasteiger partial charge in [-0.15, -0.1) is 0 Å². The summed E-state index contributed by atoms with van der Waals surface area (Å²) in [6, 6.07) is 11.5. The number of benzene rings is 2. The molecule has 0 saturated heterocycles. The fourth-order valence-electron chi connectivity index (χ4n) is 4.02. The molecule has 3 aliphatic heterocycles. The Morgan fingerprint density at radius 3 is 2.61 bits per heavy atom. The molecule has 28 heavy (non-hydrogen) atoms. The fraction of sp³-hybridized carbons (Fsp3) is 0.238. The number of likely N-dealkylation sites (N-methyl/N-ethyl adjacent to an activating group) is 1. The van der Waals surface area contributed by atoms with Crippen LogP contribution in [0, 0.1) is 0 Å². The smallest absolute Gasteiger partial charge is 0.266 e. The SMILES string of the molecule is CN1C(=O)C2(N=C1N)c1cc(Br)ccc1Oc1ccc(C3=CCOCC3)cc12. The first-order chi connectivity index (χ1) is 13.5. The van der Waals surface area contributed by atoms with E-state index >= 15 is 0 Å². The van der Waals surface area contributed by atoms with Crippen molar-refractivity contribution in [1.82, 2.24) is 4.90 Å². The lowest BCUT2D eigenvalue weighted by atomic mass is 9.79. The van der Waals surface area contributed by atoms with Crippen molar-refractivity contribution in [2.24, 2.45) is 10.7 Å². The number of hydrogen-bond donors (Lipinski definition) is 1. The number of aliphatic imine (C=N–C) groups is 1. The zero-order valence-corrected chi connectivity index (χ0v) is 16.8. The van der Waals surface area contributed by atoms with Crippen LogP contribution in [-0.2, 0) is 15.1 Å². The monoisotopic (exact) mass is 439 g/mol. The second kappa shape index (κ2) is 6.18. The van der Waals surface area contributed by atoms with E-state index in [2.05, 4.69) is 27.0 Å². The first kappa shape index (κ1) is 17.5. The van der Waals surface area contributed by atoms with E-state index in [4.69, 9.17) is 15.2 Å². The summed E-state index contributed by atoms with van der Waals surface area (Å²) in [7, 11) is 1.65. The Labute approximate surface area is 170 Å². The zero-order valence-electron chi connectivity index (χ0n) is 15.2. The van der Waals surface area contributed by atoms with Crippen LogP contribution in [0.1, 0.15) is 23.1 Å². The Morgan fingerprint density at radius 1 is 1.18 bits per heavy atom. The van der Waals surface area contributed by atoms with Gasteiger partial charge in [-0.1, -0.05) is 28.1 Å². The number of hydrogen-bond acceptors (Lipinski definition) is 5. The maximum atomic E-state index is 13.4. The van der Waals surface area contributed by atoms with Crippen molar-refractivity contribution in [1.29, 1.82) is 0 Å². The molecule has 6 nitrogen and oxygen atoms in total. The van der Waals surface area contributed by atoms with E-state index in [1.54, 1.807) is 7.05 Å². The predicted molar refractivity (Wildman–Crippen MR) is 109 cm³/mol. The van der Waals surface area contributed by atoms with Crippen LogP contribution < -0.4 is 10.5 Å². The number of ether oxygens (including phenoxy) is 2. The Hall–Kier alpha value is -2.64. The Balaban J connectivity index is 1.78. The molecular weight excluding hydrogens is 422 g/mol. The summed E-state index contributed by atoms with van der Waals surface area (Å²) in [6.07, 6.45) is 2.90. The summed E-state index contributed by atoms with van der Waals surface area (Å²) in [5.74, 6) is 1.23. The minimum Gasteiger partial charge on any atom is -0.457 e. The number of carbonyl (C=O) groups is 1. The van der Waals surface area contributed by atoms with Crippen LogP contribution in [-0.4, -0.2) is 37.0 Å². The van der Waals surface area contributed by atoms with Gasteiger partial charge in [0.2, 0.25) is 5.54 Å². The molecule has 0 fully saturated rings. The standard InChI is InChI=1S/C21H18BrN3O3/c1-25-19(26)21(24-20(25)23)15-10-13(12-6-8-27-9-7-12)2-4-17(15)28-18-5-3-14(22)11-16(18)21/h2-6,10-11H,7-9H2,1H3,(H2,23,24). The summed E-state index contributed by atoms with van der Waals surface area (Å²) >= 11 is 3.50. The lowest BCUT2D eigenvalue weighted by Gasteiger charge is -2.34. The van der Waals surface area contributed by atoms with E-state index in [1.807, 2.05) is 36.4 Å². The van der Waals surface area contributed by atoms with E-state index in [0.29, 0.717) is 35.8 Å². The highest BCUT2D eigenvalue weighted by molar-refractivity contribution is 9.10. The molecule has 0 bridgehead atoms. The molecule has 2 aromatic carbocycles. The fourth-order valence-corrected chi connectivity index (χ4v) is 4.38. The van der Waals surface area contributed by atoms with Gasteiger partial charge in [0.15, 0.2) is 5.96 Å². The minimum atomic E-state index is -1.24. The first-order valence-corrected chi connectivity index (χ1v) is 9.83. The van der Waals surface area contributed by atoms with Gasteiger partial charge in [0, 0.05) is 22.6 Å². The number of halogens is 1. The second-order valence-corrected chi connectivity index (χ2v) is 7.97. The van der Waals surface area contributed by atoms with Gasteiger partial charge in [-0.3, -0.25) is 9.69 Å². The van der Waals surface area contributed by atoms with Crippen LogP contribution in [0.5, 0.6) is 11.5 Å². The maximum absolute atomic E-state index is 13.4. The highest BCUT2D eigenvalue weighted by atomic mass is 79.9. The van der Waals surface area contributed by atoms with Crippen molar-refractivity contribution in [3.63, 3.8) is 0 Å². The third-order valence-corrected chi connectivity index (χ3v) is 5.99. The lowest BCUT2D eigenvalue weighted by molar-refractivity contribution is -0.129. The topological polar surface area (TPSA) is 77.2 Å². The van der Waals surface area contributed by atoms with Crippen molar-refractivity contribution in [2.75, 3.05) is 20.3 Å². The van der Waals surface area contributed by atoms with Gasteiger partial charge in [0.25, 0.3) is 5.91 Å². The van der Waals surface area contributed by atoms with Crippen LogP contribution >= 0.6 is 15.9 Å². The molecule has 0 saturated carbocycles. The Kier molecular flexibility index (Phi) is 3.86. The number of amides is 1. The summed E-state index contributed by atoms with van der Waals surface area (Å²) in [4.78, 5) is 19.5. The molecule has 1 spiro atoms. The Morgan fingerprint density at radius 2 is 1.93 bits per heavy atom. The van der Waals surface area contributed by atoms with E-state index in [9.17, 15) is 4.79 Å². The van der Waals surface area contributed by atoms with E-state index in [0.717, 1.165) is 16.5 Å². The van der Waals surface area contributed by atoms with Crippen molar-refractivity contribution in [3.8, 4) is 11.5 Å². The predicted octanol–water partition coefficient (Wildman–Crippen LogP) is 3.39. The summed E-state index contributed by atoms with van der Waals surface area (Å²) in [5.41, 5.74) is 8.47. The van der Waals surface area contributed by atoms with Crippen LogP contribution in [0.25, 0.3) is 5.57 Å². The molecule has 5 rings (SSSR count). The third-order valence-electron chi connectivity index (χ3n) is 5.49. The lowest BCUT2D eigenvalue weighted by Crippen LogP contribution is -2.42. The van der Waals surface area contributed by atoms with E-state index in [1.165, 1.54) is 10.5 Å². The van der Waals surface area contributed by atoms with Gasteiger partial charge in [0.1, 0.15) is 11.5 Å². The van der Waals surface area contributed by atoms with Crippen LogP contribution in [0.15, 0.2) is 51.9 Å². The molecule has 3 heterocycles. The van der Waals surface area contributed by atoms with E-state index in [-0.39, 0.29) is 11.9 Å². The Bertz CT molecular complexity index is 1080. The molecule has 142 valence electrons. The molecule has 1 amide bonds. The number of rotatable bonds is 1. The van der Waals surface area contributed by atoms with Crippen molar-refractivity contribution >= 4 is 33.4 Å². The number of carbonyl (C=O) groups excluding carboxylic acids is 1. The minimum absolute atomic E-state index is 0.188. The molecule has 0 radical (unpaired) electrons. The normalized spacial score (nSPS) is 23.1. The number of nitrogens with two attached hydrogens (primary N) is 1. The second-order valence-electron chi connectivity index (χ2n) is 7.05. The van der Waals surface area contributed by atoms with Crippen LogP contribution in [0.2, 0.25) is 0 Å². The first-order valence-electron chi connectivity index (χ1n) is 9.04. The highest BCUT2D eigenvalue weighted by Gasteiger charge is 2.54. The quantitative estimate of drug-likeness (QED) is 0.738. The van der Waals surface area contributed by atoms with Gasteiger partial charge in [-0.2, -0.15) is 0 Å². The van der Waals surface area contributed by atoms with Gasteiger partial charge >= 0.3 is 0 Å². The number of guanidine groups is 1. The number of fused-ring (bicyclic) bond motifs is 4. The van der Waals surface area contributed by atoms with Crippen LogP contribution in [0.3, 0.4) is 0 Å². The van der Waals surface area contributed by atoms with Gasteiger partial charge in [-0.05, 0) is 47.9 Å². The summed E-state index contributed by atoms with van der Waals surface area (Å²) in [5, 5.41) is 0. The molecule has 0 aliphatic carbocycles. The van der Waals surface area contributed by atoms with Gasteiger partial charge in [0.05, 0.1) is 13.2 Å². The number of nitrogens with zero attached hydrogens (tertiary/aromatic N) is 2. The maximum Gasteiger partial charge on any atom is 0.266 e. The molecule has 1 unspecified atom stereocenters. The van der Waals surface area contributed by atoms with Crippen molar-refractivity contribution < 1.29 is 14.3 Å². The van der Waals surface area contributed by atoms with E-state index < -0.39 is 5.54 Å². The molecule has 2 aromatic rings. The van der Waals surface area contributed by atoms with Gasteiger partial charge in [-0.25, -0.2) is 4.99 Å². The third kappa shape index (κ3) is 2.36. The highest BCUT2D eigenvalue weighted by Crippen LogP contribution is 2.52. The summed E-state index contributed by atoms with van der Waals surface area (Å²) < 4.78 is 12.4. The van der Waals surface area contributed by atoms with Gasteiger partial charge < -0.3 is 15.2 Å². The largest absolute Gasteiger partial charge is 0.457 e. The molecule has 0 aromatic heterocycles. The average Bonchev–Trinajstić information content (AvgIpc) is 2.94. The van der Waals surface area contributed by atoms with Crippen molar-refractivity contribution in [2.45, 2.75) is 12.0 Å². The summed E-state index contributed by atoms with van der Waals surface area (Å²) in [6.45, 7) is 1.28. The molecule has 3 aliphatic rings.